The smallest absolute Gasteiger partial charge is 0.347 e. The molecule has 14 heavy (non-hydrogen) atoms. The SMILES string of the molecule is C=CC(=O)OC(=O)c1ccccc1Br. The highest BCUT2D eigenvalue weighted by molar-refractivity contribution is 9.10. The lowest BCUT2D eigenvalue weighted by Gasteiger charge is -2.01. The Kier molecular flexibility index (Phi) is 3.59. The minimum Gasteiger partial charge on any atom is -0.386 e. The highest BCUT2D eigenvalue weighted by Gasteiger charge is 2.12. The summed E-state index contributed by atoms with van der Waals surface area (Å²) in [5.74, 6) is -1.45. The van der Waals surface area contributed by atoms with Gasteiger partial charge in [-0.05, 0) is 28.1 Å². The standard InChI is InChI=1S/C10H7BrO3/c1-2-9(12)14-10(13)7-5-3-4-6-8(7)11/h2-6H,1H2. The minimum atomic E-state index is -0.759. The number of carbonyl (C=O) groups is 2. The van der Waals surface area contributed by atoms with Gasteiger partial charge in [0.15, 0.2) is 0 Å². The molecule has 1 aromatic carbocycles. The molecule has 0 aliphatic carbocycles. The van der Waals surface area contributed by atoms with Gasteiger partial charge >= 0.3 is 11.9 Å². The van der Waals surface area contributed by atoms with E-state index in [4.69, 9.17) is 0 Å². The third kappa shape index (κ3) is 2.53. The molecule has 0 bridgehead atoms. The number of halogens is 1. The highest BCUT2D eigenvalue weighted by atomic mass is 79.9. The molecule has 0 spiro atoms. The molecule has 4 heteroatoms. The molecule has 0 saturated heterocycles. The number of hydrogen-bond acceptors (Lipinski definition) is 3. The Morgan fingerprint density at radius 2 is 2.00 bits per heavy atom. The van der Waals surface area contributed by atoms with Crippen molar-refractivity contribution in [3.8, 4) is 0 Å². The molecular weight excluding hydrogens is 248 g/mol. The number of rotatable bonds is 2. The van der Waals surface area contributed by atoms with Crippen LogP contribution in [0.15, 0.2) is 41.4 Å². The van der Waals surface area contributed by atoms with Crippen molar-refractivity contribution < 1.29 is 14.3 Å². The zero-order chi connectivity index (χ0) is 10.6. The highest BCUT2D eigenvalue weighted by Crippen LogP contribution is 2.16. The van der Waals surface area contributed by atoms with E-state index in [0.29, 0.717) is 10.0 Å². The minimum absolute atomic E-state index is 0.308. The lowest BCUT2D eigenvalue weighted by atomic mass is 10.2. The molecule has 3 nitrogen and oxygen atoms in total. The molecule has 0 saturated carbocycles. The summed E-state index contributed by atoms with van der Waals surface area (Å²) >= 11 is 3.17. The first-order valence-corrected chi connectivity index (χ1v) is 4.57. The molecule has 0 aromatic heterocycles. The van der Waals surface area contributed by atoms with Gasteiger partial charge in [-0.15, -0.1) is 0 Å². The summed E-state index contributed by atoms with van der Waals surface area (Å²) in [5.41, 5.74) is 0.308. The summed E-state index contributed by atoms with van der Waals surface area (Å²) in [6.45, 7) is 3.19. The summed E-state index contributed by atoms with van der Waals surface area (Å²) in [4.78, 5) is 22.0. The molecule has 0 amide bonds. The largest absolute Gasteiger partial charge is 0.386 e. The molecule has 1 aromatic rings. The number of carbonyl (C=O) groups excluding carboxylic acids is 2. The van der Waals surface area contributed by atoms with E-state index in [0.717, 1.165) is 6.08 Å². The Labute approximate surface area is 89.5 Å². The molecule has 0 atom stereocenters. The first kappa shape index (κ1) is 10.7. The second kappa shape index (κ2) is 4.72. The molecule has 1 rings (SSSR count). The molecule has 0 fully saturated rings. The Bertz CT molecular complexity index is 385. The normalized spacial score (nSPS) is 9.21. The summed E-state index contributed by atoms with van der Waals surface area (Å²) in [6.07, 6.45) is 0.939. The van der Waals surface area contributed by atoms with Crippen LogP contribution in [-0.4, -0.2) is 11.9 Å². The van der Waals surface area contributed by atoms with Gasteiger partial charge in [0.25, 0.3) is 0 Å². The first-order chi connectivity index (χ1) is 6.65. The van der Waals surface area contributed by atoms with Crippen LogP contribution in [0.1, 0.15) is 10.4 Å². The van der Waals surface area contributed by atoms with Crippen LogP contribution in [0.25, 0.3) is 0 Å². The predicted molar refractivity (Wildman–Crippen MR) is 54.8 cm³/mol. The van der Waals surface area contributed by atoms with Gasteiger partial charge in [0.1, 0.15) is 0 Å². The number of ether oxygens (including phenoxy) is 1. The molecule has 0 aliphatic heterocycles. The summed E-state index contributed by atoms with van der Waals surface area (Å²) < 4.78 is 5.03. The fourth-order valence-corrected chi connectivity index (χ4v) is 1.26. The summed E-state index contributed by atoms with van der Waals surface area (Å²) in [6, 6.07) is 6.69. The molecule has 0 aliphatic rings. The van der Waals surface area contributed by atoms with Crippen LogP contribution >= 0.6 is 15.9 Å². The van der Waals surface area contributed by atoms with Crippen molar-refractivity contribution in [1.82, 2.24) is 0 Å². The molecule has 0 N–H and O–H groups in total. The molecule has 0 heterocycles. The average Bonchev–Trinajstić information content (AvgIpc) is 2.18. The summed E-state index contributed by atoms with van der Waals surface area (Å²) in [7, 11) is 0. The maximum atomic E-state index is 11.3. The van der Waals surface area contributed by atoms with E-state index in [-0.39, 0.29) is 0 Å². The Hall–Kier alpha value is -1.42. The molecule has 0 unspecified atom stereocenters. The fraction of sp³-hybridized carbons (Fsp3) is 0. The van der Waals surface area contributed by atoms with E-state index in [9.17, 15) is 9.59 Å². The second-order valence-corrected chi connectivity index (χ2v) is 3.25. The van der Waals surface area contributed by atoms with Gasteiger partial charge in [0, 0.05) is 10.5 Å². The van der Waals surface area contributed by atoms with E-state index in [1.54, 1.807) is 24.3 Å². The molecule has 0 radical (unpaired) electrons. The predicted octanol–water partition coefficient (Wildman–Crippen LogP) is 2.32. The van der Waals surface area contributed by atoms with Crippen LogP contribution in [0.4, 0.5) is 0 Å². The van der Waals surface area contributed by atoms with Crippen LogP contribution in [0.2, 0.25) is 0 Å². The van der Waals surface area contributed by atoms with Gasteiger partial charge in [0.2, 0.25) is 0 Å². The van der Waals surface area contributed by atoms with Gasteiger partial charge in [0.05, 0.1) is 5.56 Å². The van der Waals surface area contributed by atoms with Crippen molar-refractivity contribution >= 4 is 27.9 Å². The third-order valence-electron chi connectivity index (χ3n) is 1.45. The lowest BCUT2D eigenvalue weighted by molar-refractivity contribution is -0.132. The molecular formula is C10H7BrO3. The van der Waals surface area contributed by atoms with E-state index in [1.165, 1.54) is 0 Å². The van der Waals surface area contributed by atoms with Crippen LogP contribution in [-0.2, 0) is 9.53 Å². The topological polar surface area (TPSA) is 43.4 Å². The average molecular weight is 255 g/mol. The number of esters is 2. The van der Waals surface area contributed by atoms with Crippen molar-refractivity contribution in [2.24, 2.45) is 0 Å². The monoisotopic (exact) mass is 254 g/mol. The number of hydrogen-bond donors (Lipinski definition) is 0. The summed E-state index contributed by atoms with van der Waals surface area (Å²) in [5, 5.41) is 0. The van der Waals surface area contributed by atoms with Crippen LogP contribution in [0, 0.1) is 0 Å². The van der Waals surface area contributed by atoms with Gasteiger partial charge in [-0.3, -0.25) is 0 Å². The van der Waals surface area contributed by atoms with Gasteiger partial charge in [-0.1, -0.05) is 18.7 Å². The lowest BCUT2D eigenvalue weighted by Crippen LogP contribution is -2.10. The quantitative estimate of drug-likeness (QED) is 0.462. The Morgan fingerprint density at radius 1 is 1.36 bits per heavy atom. The van der Waals surface area contributed by atoms with Crippen molar-refractivity contribution in [2.75, 3.05) is 0 Å². The maximum absolute atomic E-state index is 11.3. The maximum Gasteiger partial charge on any atom is 0.347 e. The second-order valence-electron chi connectivity index (χ2n) is 2.39. The Morgan fingerprint density at radius 3 is 2.57 bits per heavy atom. The van der Waals surface area contributed by atoms with Crippen molar-refractivity contribution in [2.45, 2.75) is 0 Å². The van der Waals surface area contributed by atoms with E-state index in [1.807, 2.05) is 0 Å². The van der Waals surface area contributed by atoms with Gasteiger partial charge in [-0.2, -0.15) is 0 Å². The van der Waals surface area contributed by atoms with Crippen LogP contribution in [0.3, 0.4) is 0 Å². The van der Waals surface area contributed by atoms with Crippen molar-refractivity contribution in [3.05, 3.63) is 47.0 Å². The van der Waals surface area contributed by atoms with E-state index >= 15 is 0 Å². The van der Waals surface area contributed by atoms with Crippen LogP contribution < -0.4 is 0 Å². The van der Waals surface area contributed by atoms with Crippen molar-refractivity contribution in [3.63, 3.8) is 0 Å². The van der Waals surface area contributed by atoms with Crippen LogP contribution in [0.5, 0.6) is 0 Å². The van der Waals surface area contributed by atoms with Gasteiger partial charge in [-0.25, -0.2) is 9.59 Å². The van der Waals surface area contributed by atoms with Crippen molar-refractivity contribution in [1.29, 1.82) is 0 Å². The van der Waals surface area contributed by atoms with Gasteiger partial charge < -0.3 is 4.74 Å². The zero-order valence-electron chi connectivity index (χ0n) is 7.20. The molecule has 72 valence electrons. The van der Waals surface area contributed by atoms with E-state index in [2.05, 4.69) is 27.2 Å². The first-order valence-electron chi connectivity index (χ1n) is 3.78. The third-order valence-corrected chi connectivity index (χ3v) is 2.15. The zero-order valence-corrected chi connectivity index (χ0v) is 8.78. The van der Waals surface area contributed by atoms with E-state index < -0.39 is 11.9 Å². The number of benzene rings is 1. The fourth-order valence-electron chi connectivity index (χ4n) is 0.815. The Balaban J connectivity index is 2.85.